The van der Waals surface area contributed by atoms with Gasteiger partial charge < -0.3 is 33.6 Å². The third-order valence-corrected chi connectivity index (χ3v) is 7.43. The molecule has 4 aromatic carbocycles. The zero-order chi connectivity index (χ0) is 36.5. The summed E-state index contributed by atoms with van der Waals surface area (Å²) in [6.45, 7) is 10.0. The van der Waals surface area contributed by atoms with E-state index in [0.717, 1.165) is 73.0 Å². The fourth-order valence-electron chi connectivity index (χ4n) is 4.66. The van der Waals surface area contributed by atoms with Crippen LogP contribution >= 0.6 is 0 Å². The molecule has 0 fully saturated rings. The van der Waals surface area contributed by atoms with Gasteiger partial charge in [0, 0.05) is 18.8 Å². The van der Waals surface area contributed by atoms with E-state index < -0.39 is 0 Å². The molecule has 0 bridgehead atoms. The highest BCUT2D eigenvalue weighted by Crippen LogP contribution is 2.23. The molecule has 1 N–H and O–H groups in total. The number of benzene rings is 4. The molecule has 0 spiro atoms. The Hall–Kier alpha value is -4.11. The Bertz CT molecular complexity index is 1280. The van der Waals surface area contributed by atoms with E-state index in [4.69, 9.17) is 28.8 Å². The summed E-state index contributed by atoms with van der Waals surface area (Å²) < 4.78 is 26.9. The fourth-order valence-corrected chi connectivity index (χ4v) is 4.66. The van der Waals surface area contributed by atoms with Gasteiger partial charge in [-0.25, -0.2) is 0 Å². The number of hydrogen-bond donors (Lipinski definition) is 1. The molecule has 4 rings (SSSR count). The summed E-state index contributed by atoms with van der Waals surface area (Å²) in [4.78, 5) is 11.1. The van der Waals surface area contributed by atoms with Crippen LogP contribution in [-0.2, 0) is 28.5 Å². The van der Waals surface area contributed by atoms with Gasteiger partial charge in [0.2, 0.25) is 0 Å². The molecular formula is C44H58O7. The van der Waals surface area contributed by atoms with Gasteiger partial charge in [0.25, 0.3) is 0 Å². The molecule has 0 radical (unpaired) electrons. The van der Waals surface area contributed by atoms with Crippen LogP contribution in [0.1, 0.15) is 67.7 Å². The van der Waals surface area contributed by atoms with E-state index in [1.165, 1.54) is 0 Å². The van der Waals surface area contributed by atoms with E-state index in [0.29, 0.717) is 46.2 Å². The Labute approximate surface area is 306 Å². The first kappa shape index (κ1) is 43.1. The molecule has 0 aliphatic carbocycles. The minimum Gasteiger partial charge on any atom is -0.498 e. The summed E-state index contributed by atoms with van der Waals surface area (Å²) in [5, 5.41) is 8.34. The van der Waals surface area contributed by atoms with Gasteiger partial charge in [-0.2, -0.15) is 0 Å². The van der Waals surface area contributed by atoms with Gasteiger partial charge in [-0.3, -0.25) is 0 Å². The molecule has 0 atom stereocenters. The Morgan fingerprint density at radius 2 is 0.902 bits per heavy atom. The third-order valence-electron chi connectivity index (χ3n) is 7.43. The third kappa shape index (κ3) is 20.4. The Morgan fingerprint density at radius 3 is 1.29 bits per heavy atom. The van der Waals surface area contributed by atoms with E-state index in [-0.39, 0.29) is 12.5 Å². The maximum atomic E-state index is 11.1. The van der Waals surface area contributed by atoms with E-state index in [1.54, 1.807) is 0 Å². The monoisotopic (exact) mass is 698 g/mol. The topological polar surface area (TPSA) is 83.5 Å². The smallest absolute Gasteiger partial charge is 0.131 e. The maximum Gasteiger partial charge on any atom is 0.131 e. The molecule has 7 nitrogen and oxygen atoms in total. The summed E-state index contributed by atoms with van der Waals surface area (Å²) in [5.74, 6) is -0.146. The fraction of sp³-hybridized carbons (Fsp3) is 0.386. The SMILES string of the molecule is CCCCOCCOCCO.CCCCOCCOCCOC=C(c1ccccc1)c1ccccc1.O=CC(c1ccccc1)c1ccccc1. The van der Waals surface area contributed by atoms with Crippen LogP contribution in [0.2, 0.25) is 0 Å². The van der Waals surface area contributed by atoms with Gasteiger partial charge in [0.05, 0.1) is 58.4 Å². The predicted molar refractivity (Wildman–Crippen MR) is 207 cm³/mol. The molecule has 51 heavy (non-hydrogen) atoms. The largest absolute Gasteiger partial charge is 0.498 e. The van der Waals surface area contributed by atoms with Gasteiger partial charge >= 0.3 is 0 Å². The number of aliphatic hydroxyl groups is 1. The number of carbonyl (C=O) groups is 1. The van der Waals surface area contributed by atoms with Crippen LogP contribution in [0.5, 0.6) is 0 Å². The van der Waals surface area contributed by atoms with Gasteiger partial charge in [-0.1, -0.05) is 148 Å². The van der Waals surface area contributed by atoms with E-state index in [9.17, 15) is 4.79 Å². The van der Waals surface area contributed by atoms with Crippen molar-refractivity contribution in [2.45, 2.75) is 45.4 Å². The molecule has 0 aliphatic rings. The molecule has 0 unspecified atom stereocenters. The van der Waals surface area contributed by atoms with Crippen molar-refractivity contribution < 1.29 is 33.6 Å². The lowest BCUT2D eigenvalue weighted by atomic mass is 9.93. The van der Waals surface area contributed by atoms with E-state index in [1.807, 2.05) is 103 Å². The molecule has 0 heterocycles. The minimum absolute atomic E-state index is 0.0922. The van der Waals surface area contributed by atoms with Crippen LogP contribution in [0.15, 0.2) is 128 Å². The van der Waals surface area contributed by atoms with Crippen molar-refractivity contribution in [1.82, 2.24) is 0 Å². The van der Waals surface area contributed by atoms with Crippen molar-refractivity contribution in [3.63, 3.8) is 0 Å². The highest BCUT2D eigenvalue weighted by molar-refractivity contribution is 5.79. The number of aliphatic hydroxyl groups excluding tert-OH is 1. The number of carbonyl (C=O) groups excluding carboxylic acids is 1. The summed E-state index contributed by atoms with van der Waals surface area (Å²) >= 11 is 0. The lowest BCUT2D eigenvalue weighted by Gasteiger charge is -2.10. The molecule has 0 aromatic heterocycles. The quantitative estimate of drug-likeness (QED) is 0.0471. The predicted octanol–water partition coefficient (Wildman–Crippen LogP) is 8.76. The van der Waals surface area contributed by atoms with Crippen LogP contribution < -0.4 is 0 Å². The first-order valence-corrected chi connectivity index (χ1v) is 18.1. The molecule has 0 saturated heterocycles. The Kier molecular flexibility index (Phi) is 25.9. The summed E-state index contributed by atoms with van der Waals surface area (Å²) in [5.41, 5.74) is 5.43. The van der Waals surface area contributed by atoms with Crippen molar-refractivity contribution in [3.05, 3.63) is 150 Å². The van der Waals surface area contributed by atoms with Crippen molar-refractivity contribution in [3.8, 4) is 0 Å². The van der Waals surface area contributed by atoms with E-state index in [2.05, 4.69) is 38.1 Å². The average Bonchev–Trinajstić information content (AvgIpc) is 3.19. The molecule has 7 heteroatoms. The van der Waals surface area contributed by atoms with Gasteiger partial charge in [0.15, 0.2) is 0 Å². The van der Waals surface area contributed by atoms with Crippen molar-refractivity contribution in [1.29, 1.82) is 0 Å². The molecule has 0 saturated carbocycles. The normalized spacial score (nSPS) is 10.4. The Morgan fingerprint density at radius 1 is 0.529 bits per heavy atom. The number of hydrogen-bond acceptors (Lipinski definition) is 7. The number of aldehydes is 1. The van der Waals surface area contributed by atoms with Crippen molar-refractivity contribution in [2.75, 3.05) is 66.1 Å². The molecule has 0 amide bonds. The second kappa shape index (κ2) is 30.7. The van der Waals surface area contributed by atoms with Gasteiger partial charge in [0.1, 0.15) is 12.9 Å². The van der Waals surface area contributed by atoms with Crippen molar-refractivity contribution in [2.24, 2.45) is 0 Å². The van der Waals surface area contributed by atoms with Crippen LogP contribution in [-0.4, -0.2) is 77.5 Å². The van der Waals surface area contributed by atoms with Crippen LogP contribution in [0, 0.1) is 0 Å². The van der Waals surface area contributed by atoms with E-state index >= 15 is 0 Å². The number of unbranched alkanes of at least 4 members (excludes halogenated alkanes) is 2. The first-order valence-electron chi connectivity index (χ1n) is 18.1. The lowest BCUT2D eigenvalue weighted by Crippen LogP contribution is -2.08. The highest BCUT2D eigenvalue weighted by atomic mass is 16.5. The first-order chi connectivity index (χ1) is 25.2. The van der Waals surface area contributed by atoms with Gasteiger partial charge in [-0.15, -0.1) is 0 Å². The standard InChI is InChI=1S/C22H28O3.C14H12O.C8H18O3/c1-2-3-14-23-15-16-24-17-18-25-19-22(20-10-6-4-7-11-20)21-12-8-5-9-13-21;15-11-14(12-7-3-1-4-8-12)13-9-5-2-6-10-13;1-2-3-5-10-7-8-11-6-4-9/h4-13,19H,2-3,14-18H2,1H3;1-11,14H;9H,2-8H2,1H3. The molecule has 0 aliphatic heterocycles. The van der Waals surface area contributed by atoms with Crippen LogP contribution in [0.4, 0.5) is 0 Å². The van der Waals surface area contributed by atoms with Crippen LogP contribution in [0.3, 0.4) is 0 Å². The average molecular weight is 699 g/mol. The van der Waals surface area contributed by atoms with Gasteiger partial charge in [-0.05, 0) is 35.1 Å². The molecular weight excluding hydrogens is 640 g/mol. The Balaban J connectivity index is 0.000000294. The zero-order valence-corrected chi connectivity index (χ0v) is 30.6. The zero-order valence-electron chi connectivity index (χ0n) is 30.6. The highest BCUT2D eigenvalue weighted by Gasteiger charge is 2.11. The minimum atomic E-state index is -0.146. The summed E-state index contributed by atoms with van der Waals surface area (Å²) in [7, 11) is 0. The second-order valence-electron chi connectivity index (χ2n) is 11.4. The molecule has 276 valence electrons. The second-order valence-corrected chi connectivity index (χ2v) is 11.4. The number of rotatable bonds is 23. The number of ether oxygens (including phenoxy) is 5. The maximum absolute atomic E-state index is 11.1. The van der Waals surface area contributed by atoms with Crippen LogP contribution in [0.25, 0.3) is 5.57 Å². The summed E-state index contributed by atoms with van der Waals surface area (Å²) in [6, 6.07) is 40.2. The summed E-state index contributed by atoms with van der Waals surface area (Å²) in [6.07, 6.45) is 7.36. The molecule has 4 aromatic rings. The lowest BCUT2D eigenvalue weighted by molar-refractivity contribution is -0.108. The van der Waals surface area contributed by atoms with Crippen molar-refractivity contribution >= 4 is 11.9 Å².